The summed E-state index contributed by atoms with van der Waals surface area (Å²) < 4.78 is 0. The van der Waals surface area contributed by atoms with Gasteiger partial charge in [0.05, 0.1) is 11.3 Å². The van der Waals surface area contributed by atoms with Crippen molar-refractivity contribution in [3.8, 4) is 44.5 Å². The van der Waals surface area contributed by atoms with Crippen molar-refractivity contribution in [3.63, 3.8) is 0 Å². The summed E-state index contributed by atoms with van der Waals surface area (Å²) in [5.41, 5.74) is 17.4. The van der Waals surface area contributed by atoms with Crippen LogP contribution in [0, 0.1) is 13.8 Å². The summed E-state index contributed by atoms with van der Waals surface area (Å²) in [6.07, 6.45) is 1.76. The van der Waals surface area contributed by atoms with Crippen LogP contribution < -0.4 is 4.90 Å². The smallest absolute Gasteiger partial charge is 0.197 e. The molecule has 0 saturated carbocycles. The molecule has 2 aliphatic carbocycles. The number of allylic oxidation sites excluding steroid dienone is 1. The Hall–Kier alpha value is -8.14. The number of nitrogens with zero attached hydrogens (tertiary/aromatic N) is 1. The highest BCUT2D eigenvalue weighted by Gasteiger charge is 2.34. The van der Waals surface area contributed by atoms with E-state index in [4.69, 9.17) is 0 Å². The molecule has 10 aromatic carbocycles. The molecule has 3 heteroatoms. The van der Waals surface area contributed by atoms with Crippen molar-refractivity contribution in [2.75, 3.05) is 4.90 Å². The minimum absolute atomic E-state index is 0.208. The number of para-hydroxylation sites is 2. The van der Waals surface area contributed by atoms with E-state index in [0.29, 0.717) is 11.1 Å². The third-order valence-corrected chi connectivity index (χ3v) is 13.2. The molecule has 3 nitrogen and oxygen atoms in total. The molecule has 0 radical (unpaired) electrons. The molecule has 0 fully saturated rings. The van der Waals surface area contributed by atoms with E-state index in [0.717, 1.165) is 38.8 Å². The molecular weight excluding hydrogens is 767 g/mol. The van der Waals surface area contributed by atoms with E-state index in [-0.39, 0.29) is 17.1 Å². The SMILES string of the molecule is Cc1ccccc1-c1c2c(c(-c3ccccc3C)c3cc4cc(C=C5C(=O)c6ccccc6C5=O)ccc4cc13)-c1cccc3c(N(c4ccccc4)c4ccccc4)ccc-2c13. The molecule has 12 rings (SSSR count). The van der Waals surface area contributed by atoms with Crippen molar-refractivity contribution in [3.05, 3.63) is 228 Å². The Kier molecular flexibility index (Phi) is 8.28. The Morgan fingerprint density at radius 2 is 0.873 bits per heavy atom. The number of Topliss-reactive ketones (excluding diaryl/α,β-unsaturated/α-hetero) is 2. The molecule has 0 spiro atoms. The first-order valence-corrected chi connectivity index (χ1v) is 21.5. The molecule has 0 N–H and O–H groups in total. The molecule has 0 aliphatic heterocycles. The van der Waals surface area contributed by atoms with Crippen LogP contribution in [0.15, 0.2) is 200 Å². The lowest BCUT2D eigenvalue weighted by molar-refractivity contribution is 0.0990. The minimum atomic E-state index is -0.220. The minimum Gasteiger partial charge on any atom is -0.310 e. The third-order valence-electron chi connectivity index (χ3n) is 13.2. The van der Waals surface area contributed by atoms with Gasteiger partial charge in [-0.05, 0) is 157 Å². The van der Waals surface area contributed by atoms with Crippen LogP contribution in [0.4, 0.5) is 17.1 Å². The summed E-state index contributed by atoms with van der Waals surface area (Å²) in [6, 6.07) is 68.3. The summed E-state index contributed by atoms with van der Waals surface area (Å²) in [7, 11) is 0. The zero-order valence-electron chi connectivity index (χ0n) is 34.8. The average Bonchev–Trinajstić information content (AvgIpc) is 3.77. The van der Waals surface area contributed by atoms with E-state index in [1.165, 1.54) is 71.8 Å². The average molecular weight is 806 g/mol. The second-order valence-corrected chi connectivity index (χ2v) is 16.8. The van der Waals surface area contributed by atoms with Crippen LogP contribution in [0.3, 0.4) is 0 Å². The van der Waals surface area contributed by atoms with E-state index in [9.17, 15) is 9.59 Å². The summed E-state index contributed by atoms with van der Waals surface area (Å²) >= 11 is 0. The first kappa shape index (κ1) is 36.7. The van der Waals surface area contributed by atoms with Gasteiger partial charge >= 0.3 is 0 Å². The third kappa shape index (κ3) is 5.60. The molecule has 63 heavy (non-hydrogen) atoms. The van der Waals surface area contributed by atoms with E-state index in [2.05, 4.69) is 183 Å². The van der Waals surface area contributed by atoms with Crippen molar-refractivity contribution >= 4 is 67.0 Å². The maximum atomic E-state index is 13.5. The fourth-order valence-corrected chi connectivity index (χ4v) is 10.3. The van der Waals surface area contributed by atoms with E-state index >= 15 is 0 Å². The Morgan fingerprint density at radius 3 is 1.44 bits per heavy atom. The van der Waals surface area contributed by atoms with Crippen molar-refractivity contribution in [1.29, 1.82) is 0 Å². The number of rotatable bonds is 6. The highest BCUT2D eigenvalue weighted by Crippen LogP contribution is 2.60. The largest absolute Gasteiger partial charge is 0.310 e. The summed E-state index contributed by atoms with van der Waals surface area (Å²) in [5, 5.41) is 6.88. The van der Waals surface area contributed by atoms with Crippen LogP contribution in [0.25, 0.3) is 82.9 Å². The molecule has 296 valence electrons. The molecule has 0 aromatic heterocycles. The number of anilines is 3. The Morgan fingerprint density at radius 1 is 0.381 bits per heavy atom. The van der Waals surface area contributed by atoms with Gasteiger partial charge in [0.1, 0.15) is 0 Å². The molecule has 0 heterocycles. The molecule has 2 aliphatic rings. The van der Waals surface area contributed by atoms with Gasteiger partial charge in [0.25, 0.3) is 0 Å². The molecule has 0 amide bonds. The van der Waals surface area contributed by atoms with Crippen molar-refractivity contribution < 1.29 is 9.59 Å². The molecule has 0 saturated heterocycles. The molecule has 0 bridgehead atoms. The van der Waals surface area contributed by atoms with Crippen LogP contribution in [-0.4, -0.2) is 11.6 Å². The van der Waals surface area contributed by atoms with Crippen LogP contribution >= 0.6 is 0 Å². The molecule has 0 unspecified atom stereocenters. The van der Waals surface area contributed by atoms with Gasteiger partial charge in [-0.1, -0.05) is 146 Å². The quantitative estimate of drug-likeness (QED) is 0.0954. The fraction of sp³-hybridized carbons (Fsp3) is 0.0333. The maximum absolute atomic E-state index is 13.5. The highest BCUT2D eigenvalue weighted by atomic mass is 16.2. The number of hydrogen-bond donors (Lipinski definition) is 0. The predicted octanol–water partition coefficient (Wildman–Crippen LogP) is 15.7. The van der Waals surface area contributed by atoms with Gasteiger partial charge in [0, 0.05) is 27.9 Å². The standard InChI is InChI=1S/C60H39NO2/c1-36-16-9-11-22-43(36)55-50-34-39-29-28-38(33-52-59(62)45-24-13-14-25-46(45)60(52)63)32-40(39)35-51(50)56(44-23-12-10-17-37(44)2)57-48-27-15-26-47-53(31-30-49(54(47)48)58(55)57)61(41-18-5-3-6-19-41)42-20-7-4-8-21-42/h3-35H,1-2H3. The first-order valence-electron chi connectivity index (χ1n) is 21.5. The van der Waals surface area contributed by atoms with Crippen LogP contribution in [0.2, 0.25) is 0 Å². The van der Waals surface area contributed by atoms with Gasteiger partial charge in [-0.3, -0.25) is 9.59 Å². The zero-order chi connectivity index (χ0) is 42.3. The Labute approximate surface area is 365 Å². The van der Waals surface area contributed by atoms with Gasteiger partial charge in [-0.25, -0.2) is 0 Å². The number of ketones is 2. The predicted molar refractivity (Wildman–Crippen MR) is 261 cm³/mol. The molecule has 0 atom stereocenters. The maximum Gasteiger partial charge on any atom is 0.197 e. The van der Waals surface area contributed by atoms with E-state index in [1.54, 1.807) is 18.2 Å². The zero-order valence-corrected chi connectivity index (χ0v) is 34.8. The van der Waals surface area contributed by atoms with Gasteiger partial charge in [-0.15, -0.1) is 0 Å². The van der Waals surface area contributed by atoms with Crippen molar-refractivity contribution in [1.82, 2.24) is 0 Å². The van der Waals surface area contributed by atoms with E-state index < -0.39 is 0 Å². The topological polar surface area (TPSA) is 37.4 Å². The normalized spacial score (nSPS) is 12.6. The summed E-state index contributed by atoms with van der Waals surface area (Å²) in [6.45, 7) is 4.42. The van der Waals surface area contributed by atoms with Gasteiger partial charge in [0.15, 0.2) is 11.6 Å². The lowest BCUT2D eigenvalue weighted by Crippen LogP contribution is -2.10. The molecule has 10 aromatic rings. The van der Waals surface area contributed by atoms with Gasteiger partial charge in [0.2, 0.25) is 0 Å². The highest BCUT2D eigenvalue weighted by molar-refractivity contribution is 6.41. The number of benzene rings is 10. The Bertz CT molecular complexity index is 3540. The van der Waals surface area contributed by atoms with Gasteiger partial charge < -0.3 is 4.90 Å². The summed E-state index contributed by atoms with van der Waals surface area (Å²) in [5.74, 6) is -0.441. The van der Waals surface area contributed by atoms with Crippen LogP contribution in [0.1, 0.15) is 37.4 Å². The monoisotopic (exact) mass is 805 g/mol. The number of carbonyl (C=O) groups is 2. The van der Waals surface area contributed by atoms with Crippen LogP contribution in [0.5, 0.6) is 0 Å². The van der Waals surface area contributed by atoms with Crippen LogP contribution in [-0.2, 0) is 0 Å². The number of hydrogen-bond acceptors (Lipinski definition) is 3. The fourth-order valence-electron chi connectivity index (χ4n) is 10.3. The number of aryl methyl sites for hydroxylation is 2. The second kappa shape index (κ2) is 14.2. The number of carbonyl (C=O) groups excluding carboxylic acids is 2. The van der Waals surface area contributed by atoms with Crippen molar-refractivity contribution in [2.24, 2.45) is 0 Å². The van der Waals surface area contributed by atoms with Crippen molar-refractivity contribution in [2.45, 2.75) is 13.8 Å². The second-order valence-electron chi connectivity index (χ2n) is 16.8. The summed E-state index contributed by atoms with van der Waals surface area (Å²) in [4.78, 5) is 29.3. The Balaban J connectivity index is 1.17. The first-order chi connectivity index (χ1) is 30.9. The van der Waals surface area contributed by atoms with Gasteiger partial charge in [-0.2, -0.15) is 0 Å². The lowest BCUT2D eigenvalue weighted by atomic mass is 9.80. The van der Waals surface area contributed by atoms with E-state index in [1.807, 2.05) is 18.2 Å². The molecular formula is C60H39NO2. The number of fused-ring (bicyclic) bond motifs is 6. The lowest BCUT2D eigenvalue weighted by Gasteiger charge is -2.27.